The number of aryl methyl sites for hydroxylation is 1. The van der Waals surface area contributed by atoms with Crippen molar-refractivity contribution >= 4 is 17.5 Å². The van der Waals surface area contributed by atoms with Gasteiger partial charge in [-0.15, -0.1) is 0 Å². The Balaban J connectivity index is 1.81. The second-order valence-electron chi connectivity index (χ2n) is 7.64. The lowest BCUT2D eigenvalue weighted by molar-refractivity contribution is -0.0881. The summed E-state index contributed by atoms with van der Waals surface area (Å²) in [6.45, 7) is 9.22. The highest BCUT2D eigenvalue weighted by Crippen LogP contribution is 2.27. The van der Waals surface area contributed by atoms with Crippen LogP contribution in [0.25, 0.3) is 5.70 Å². The molecular formula is C25H25F3N4O3. The zero-order valence-corrected chi connectivity index (χ0v) is 19.6. The Hall–Kier alpha value is -4.08. The van der Waals surface area contributed by atoms with E-state index in [9.17, 15) is 18.0 Å². The molecule has 0 saturated carbocycles. The van der Waals surface area contributed by atoms with Gasteiger partial charge < -0.3 is 14.8 Å². The summed E-state index contributed by atoms with van der Waals surface area (Å²) in [6.07, 6.45) is -0.0941. The summed E-state index contributed by atoms with van der Waals surface area (Å²) in [4.78, 5) is 16.5. The van der Waals surface area contributed by atoms with Crippen molar-refractivity contribution in [3.63, 3.8) is 0 Å². The molecule has 10 heteroatoms. The van der Waals surface area contributed by atoms with E-state index in [0.717, 1.165) is 17.7 Å². The molecule has 0 saturated heterocycles. The van der Waals surface area contributed by atoms with Crippen LogP contribution in [-0.2, 0) is 29.7 Å². The van der Waals surface area contributed by atoms with E-state index >= 15 is 0 Å². The molecular weight excluding hydrogens is 461 g/mol. The second-order valence-corrected chi connectivity index (χ2v) is 7.64. The molecule has 1 N–H and O–H groups in total. The molecule has 1 aromatic carbocycles. The topological polar surface area (TPSA) is 77.7 Å². The number of ether oxygens (including phenoxy) is 2. The van der Waals surface area contributed by atoms with Crippen molar-refractivity contribution in [3.8, 4) is 0 Å². The van der Waals surface area contributed by atoms with E-state index < -0.39 is 11.7 Å². The number of fused-ring (bicyclic) bond motifs is 1. The maximum Gasteiger partial charge on any atom is 0.416 e. The van der Waals surface area contributed by atoms with Crippen molar-refractivity contribution in [2.45, 2.75) is 26.3 Å². The van der Waals surface area contributed by atoms with Crippen molar-refractivity contribution in [2.24, 2.45) is 12.0 Å². The Bertz CT molecular complexity index is 1250. The number of aromatic nitrogens is 2. The number of alkyl halides is 3. The van der Waals surface area contributed by atoms with Crippen LogP contribution in [0.1, 0.15) is 39.7 Å². The Labute approximate surface area is 201 Å². The summed E-state index contributed by atoms with van der Waals surface area (Å²) >= 11 is 0. The summed E-state index contributed by atoms with van der Waals surface area (Å²) in [5.74, 6) is 0.336. The molecule has 184 valence electrons. The number of aliphatic imine (C=N–C) groups is 1. The summed E-state index contributed by atoms with van der Waals surface area (Å²) in [7, 11) is 3.14. The van der Waals surface area contributed by atoms with Gasteiger partial charge in [-0.05, 0) is 30.7 Å². The number of halogens is 3. The van der Waals surface area contributed by atoms with E-state index in [2.05, 4.69) is 28.6 Å². The first kappa shape index (κ1) is 25.5. The van der Waals surface area contributed by atoms with E-state index in [1.54, 1.807) is 30.9 Å². The Kier molecular flexibility index (Phi) is 7.63. The van der Waals surface area contributed by atoms with Gasteiger partial charge in [0.1, 0.15) is 6.61 Å². The van der Waals surface area contributed by atoms with Crippen LogP contribution in [0.4, 0.5) is 13.2 Å². The van der Waals surface area contributed by atoms with Crippen molar-refractivity contribution < 1.29 is 27.4 Å². The van der Waals surface area contributed by atoms with E-state index in [0.29, 0.717) is 34.6 Å². The third kappa shape index (κ3) is 5.89. The van der Waals surface area contributed by atoms with Crippen LogP contribution in [0.2, 0.25) is 0 Å². The number of hydrogen-bond donors (Lipinski definition) is 1. The molecule has 0 unspecified atom stereocenters. The summed E-state index contributed by atoms with van der Waals surface area (Å²) in [5, 5.41) is 6.99. The van der Waals surface area contributed by atoms with E-state index in [4.69, 9.17) is 9.47 Å². The Morgan fingerprint density at radius 1 is 1.34 bits per heavy atom. The minimum absolute atomic E-state index is 0.00528. The van der Waals surface area contributed by atoms with Crippen LogP contribution in [0.3, 0.4) is 0 Å². The molecule has 0 atom stereocenters. The average molecular weight is 486 g/mol. The maximum absolute atomic E-state index is 12.8. The fraction of sp³-hybridized carbons (Fsp3) is 0.240. The molecule has 1 amide bonds. The molecule has 0 spiro atoms. The van der Waals surface area contributed by atoms with Gasteiger partial charge in [0, 0.05) is 24.7 Å². The molecule has 3 rings (SSSR count). The molecule has 7 nitrogen and oxygen atoms in total. The summed E-state index contributed by atoms with van der Waals surface area (Å²) < 4.78 is 51.2. The van der Waals surface area contributed by atoms with E-state index in [1.165, 1.54) is 13.2 Å². The lowest BCUT2D eigenvalue weighted by Crippen LogP contribution is -2.12. The first-order valence-corrected chi connectivity index (χ1v) is 10.5. The quantitative estimate of drug-likeness (QED) is 0.251. The maximum atomic E-state index is 12.8. The molecule has 0 fully saturated rings. The third-order valence-electron chi connectivity index (χ3n) is 5.33. The van der Waals surface area contributed by atoms with Crippen molar-refractivity contribution in [1.82, 2.24) is 15.1 Å². The second kappa shape index (κ2) is 10.5. The standard InChI is InChI=1S/C25H25F3N4O3/c1-6-19(25(26,27)28)10-7-15(2)35-14-22-21(13-30-32(22)4)24(34-5)31-16(3)17-8-9-18-12-29-23(33)20(18)11-17/h6-11,13H,1,3,12,14H2,2,4-5H3,(H,29,33)/b15-7+,19-10+,31-24?. The number of carbonyl (C=O) groups is 1. The first-order chi connectivity index (χ1) is 16.5. The lowest BCUT2D eigenvalue weighted by Gasteiger charge is -2.11. The summed E-state index contributed by atoms with van der Waals surface area (Å²) in [5.41, 5.74) is 2.76. The molecule has 2 aromatic rings. The van der Waals surface area contributed by atoms with Crippen LogP contribution in [0.5, 0.6) is 0 Å². The number of allylic oxidation sites excluding steroid dienone is 5. The third-order valence-corrected chi connectivity index (χ3v) is 5.33. The highest BCUT2D eigenvalue weighted by molar-refractivity contribution is 6.00. The van der Waals surface area contributed by atoms with Crippen LogP contribution in [0, 0.1) is 0 Å². The normalized spacial score (nSPS) is 14.5. The Morgan fingerprint density at radius 3 is 2.74 bits per heavy atom. The van der Waals surface area contributed by atoms with Gasteiger partial charge in [0.2, 0.25) is 5.90 Å². The van der Waals surface area contributed by atoms with Gasteiger partial charge in [0.05, 0.1) is 41.6 Å². The van der Waals surface area contributed by atoms with Crippen LogP contribution < -0.4 is 5.32 Å². The van der Waals surface area contributed by atoms with Crippen LogP contribution in [0.15, 0.2) is 72.1 Å². The highest BCUT2D eigenvalue weighted by atomic mass is 19.4. The van der Waals surface area contributed by atoms with Gasteiger partial charge in [-0.25, -0.2) is 4.99 Å². The molecule has 1 aromatic heterocycles. The zero-order chi connectivity index (χ0) is 25.8. The van der Waals surface area contributed by atoms with Gasteiger partial charge in [-0.3, -0.25) is 9.48 Å². The molecule has 1 aliphatic heterocycles. The number of carbonyl (C=O) groups excluding carboxylic acids is 1. The Morgan fingerprint density at radius 2 is 2.09 bits per heavy atom. The number of methoxy groups -OCH3 is 1. The zero-order valence-electron chi connectivity index (χ0n) is 19.6. The van der Waals surface area contributed by atoms with Crippen LogP contribution in [-0.4, -0.2) is 34.9 Å². The lowest BCUT2D eigenvalue weighted by atomic mass is 10.0. The molecule has 0 aliphatic carbocycles. The van der Waals surface area contributed by atoms with Crippen LogP contribution >= 0.6 is 0 Å². The van der Waals surface area contributed by atoms with Gasteiger partial charge in [0.25, 0.3) is 5.91 Å². The number of rotatable bonds is 8. The first-order valence-electron chi connectivity index (χ1n) is 10.5. The van der Waals surface area contributed by atoms with Gasteiger partial charge >= 0.3 is 6.18 Å². The number of nitrogens with zero attached hydrogens (tertiary/aromatic N) is 3. The van der Waals surface area contributed by atoms with Crippen molar-refractivity contribution in [1.29, 1.82) is 0 Å². The predicted molar refractivity (Wildman–Crippen MR) is 126 cm³/mol. The number of amides is 1. The predicted octanol–water partition coefficient (Wildman–Crippen LogP) is 4.82. The molecule has 1 aliphatic rings. The molecule has 0 bridgehead atoms. The van der Waals surface area contributed by atoms with Crippen molar-refractivity contribution in [2.75, 3.05) is 7.11 Å². The average Bonchev–Trinajstić information content (AvgIpc) is 3.37. The molecule has 35 heavy (non-hydrogen) atoms. The fourth-order valence-corrected chi connectivity index (χ4v) is 3.32. The number of benzene rings is 1. The summed E-state index contributed by atoms with van der Waals surface area (Å²) in [6, 6.07) is 5.40. The van der Waals surface area contributed by atoms with Gasteiger partial charge in [-0.1, -0.05) is 31.4 Å². The van der Waals surface area contributed by atoms with E-state index in [1.807, 2.05) is 12.1 Å². The molecule has 0 radical (unpaired) electrons. The number of hydrogen-bond acceptors (Lipinski definition) is 5. The number of nitrogens with one attached hydrogen (secondary N) is 1. The minimum atomic E-state index is -4.50. The SMILES string of the molecule is C=C/C(=C\C=C(/C)OCc1c(C(=NC(=C)c2ccc3c(c2)C(=O)NC3)OC)cnn1C)C(F)(F)F. The van der Waals surface area contributed by atoms with Crippen molar-refractivity contribution in [3.05, 3.63) is 95.1 Å². The van der Waals surface area contributed by atoms with E-state index in [-0.39, 0.29) is 24.2 Å². The van der Waals surface area contributed by atoms with Gasteiger partial charge in [0.15, 0.2) is 0 Å². The fourth-order valence-electron chi connectivity index (χ4n) is 3.32. The molecule has 2 heterocycles. The smallest absolute Gasteiger partial charge is 0.416 e. The largest absolute Gasteiger partial charge is 0.492 e. The monoisotopic (exact) mass is 486 g/mol. The minimum Gasteiger partial charge on any atom is -0.492 e. The van der Waals surface area contributed by atoms with Gasteiger partial charge in [-0.2, -0.15) is 18.3 Å². The highest BCUT2D eigenvalue weighted by Gasteiger charge is 2.30.